The number of nitrogens with zero attached hydrogens (tertiary/aromatic N) is 2. The Labute approximate surface area is 130 Å². The van der Waals surface area contributed by atoms with Crippen molar-refractivity contribution >= 4 is 17.5 Å². The van der Waals surface area contributed by atoms with Crippen molar-refractivity contribution in [2.45, 2.75) is 13.8 Å². The Balaban J connectivity index is 2.80. The zero-order valence-corrected chi connectivity index (χ0v) is 13.3. The van der Waals surface area contributed by atoms with Gasteiger partial charge in [-0.1, -0.05) is 25.4 Å². The molecule has 1 rings (SSSR count). The van der Waals surface area contributed by atoms with E-state index in [0.717, 1.165) is 19.6 Å². The first-order valence-electron chi connectivity index (χ1n) is 6.85. The van der Waals surface area contributed by atoms with Crippen molar-refractivity contribution in [3.63, 3.8) is 0 Å². The van der Waals surface area contributed by atoms with E-state index in [1.165, 1.54) is 19.2 Å². The number of nitriles is 1. The summed E-state index contributed by atoms with van der Waals surface area (Å²) in [7, 11) is 1.46. The quantitative estimate of drug-likeness (QED) is 0.839. The summed E-state index contributed by atoms with van der Waals surface area (Å²) in [5.74, 6) is 0.0894. The summed E-state index contributed by atoms with van der Waals surface area (Å²) in [6, 6.07) is 4.90. The summed E-state index contributed by atoms with van der Waals surface area (Å²) in [6.07, 6.45) is 0. The van der Waals surface area contributed by atoms with Gasteiger partial charge < -0.3 is 15.0 Å². The fourth-order valence-electron chi connectivity index (χ4n) is 1.95. The smallest absolute Gasteiger partial charge is 0.255 e. The second kappa shape index (κ2) is 8.50. The standard InChI is InChI=1S/C15H20ClN3O2/c1-4-19(5-2)7-6-18-15(20)12-8-11(10-17)13(16)9-14(12)21-3/h8-9H,4-7H2,1-3H3,(H,18,20). The molecule has 0 saturated heterocycles. The lowest BCUT2D eigenvalue weighted by atomic mass is 10.1. The van der Waals surface area contributed by atoms with E-state index in [9.17, 15) is 4.79 Å². The highest BCUT2D eigenvalue weighted by molar-refractivity contribution is 6.32. The molecular weight excluding hydrogens is 290 g/mol. The van der Waals surface area contributed by atoms with Gasteiger partial charge in [0.1, 0.15) is 11.8 Å². The largest absolute Gasteiger partial charge is 0.496 e. The van der Waals surface area contributed by atoms with Gasteiger partial charge in [0.25, 0.3) is 5.91 Å². The van der Waals surface area contributed by atoms with Crippen molar-refractivity contribution < 1.29 is 9.53 Å². The van der Waals surface area contributed by atoms with Crippen LogP contribution < -0.4 is 10.1 Å². The molecule has 0 aliphatic heterocycles. The van der Waals surface area contributed by atoms with Crippen LogP contribution in [0.2, 0.25) is 5.02 Å². The van der Waals surface area contributed by atoms with Gasteiger partial charge in [-0.2, -0.15) is 5.26 Å². The average molecular weight is 310 g/mol. The Bertz CT molecular complexity index is 536. The van der Waals surface area contributed by atoms with Crippen LogP contribution in [-0.2, 0) is 0 Å². The first kappa shape index (κ1) is 17.3. The molecular formula is C15H20ClN3O2. The number of hydrogen-bond acceptors (Lipinski definition) is 4. The summed E-state index contributed by atoms with van der Waals surface area (Å²) in [5, 5.41) is 12.1. The van der Waals surface area contributed by atoms with Crippen molar-refractivity contribution in [1.82, 2.24) is 10.2 Å². The average Bonchev–Trinajstić information content (AvgIpc) is 2.50. The molecule has 114 valence electrons. The lowest BCUT2D eigenvalue weighted by Gasteiger charge is -2.18. The summed E-state index contributed by atoms with van der Waals surface area (Å²) in [5.41, 5.74) is 0.573. The number of amides is 1. The van der Waals surface area contributed by atoms with Crippen LogP contribution in [0.1, 0.15) is 29.8 Å². The number of rotatable bonds is 7. The number of carbonyl (C=O) groups excluding carboxylic acids is 1. The molecule has 21 heavy (non-hydrogen) atoms. The molecule has 1 aromatic carbocycles. The zero-order valence-electron chi connectivity index (χ0n) is 12.6. The number of nitrogens with one attached hydrogen (secondary N) is 1. The maximum absolute atomic E-state index is 12.2. The highest BCUT2D eigenvalue weighted by Gasteiger charge is 2.15. The third-order valence-electron chi connectivity index (χ3n) is 3.26. The zero-order chi connectivity index (χ0) is 15.8. The van der Waals surface area contributed by atoms with Crippen molar-refractivity contribution in [3.8, 4) is 11.8 Å². The molecule has 0 aromatic heterocycles. The number of carbonyl (C=O) groups is 1. The molecule has 0 aliphatic carbocycles. The second-order valence-electron chi connectivity index (χ2n) is 4.43. The Hall–Kier alpha value is -1.77. The van der Waals surface area contributed by atoms with E-state index in [0.29, 0.717) is 17.9 Å². The maximum atomic E-state index is 12.2. The van der Waals surface area contributed by atoms with Crippen LogP contribution in [0, 0.1) is 11.3 Å². The molecule has 0 atom stereocenters. The van der Waals surface area contributed by atoms with E-state index in [4.69, 9.17) is 21.6 Å². The molecule has 0 saturated carbocycles. The SMILES string of the molecule is CCN(CC)CCNC(=O)c1cc(C#N)c(Cl)cc1OC. The normalized spacial score (nSPS) is 10.3. The number of methoxy groups -OCH3 is 1. The lowest BCUT2D eigenvalue weighted by Crippen LogP contribution is -2.34. The van der Waals surface area contributed by atoms with Gasteiger partial charge >= 0.3 is 0 Å². The number of ether oxygens (including phenoxy) is 1. The van der Waals surface area contributed by atoms with E-state index in [-0.39, 0.29) is 16.5 Å². The number of benzene rings is 1. The van der Waals surface area contributed by atoms with Gasteiger partial charge in [0.2, 0.25) is 0 Å². The fraction of sp³-hybridized carbons (Fsp3) is 0.467. The molecule has 0 fully saturated rings. The van der Waals surface area contributed by atoms with E-state index in [2.05, 4.69) is 24.1 Å². The molecule has 0 bridgehead atoms. The van der Waals surface area contributed by atoms with Crippen LogP contribution in [0.3, 0.4) is 0 Å². The van der Waals surface area contributed by atoms with Crippen LogP contribution >= 0.6 is 11.6 Å². The van der Waals surface area contributed by atoms with E-state index in [1.54, 1.807) is 0 Å². The van der Waals surface area contributed by atoms with Gasteiger partial charge in [0, 0.05) is 19.2 Å². The fourth-order valence-corrected chi connectivity index (χ4v) is 2.15. The summed E-state index contributed by atoms with van der Waals surface area (Å²) in [6.45, 7) is 7.35. The minimum Gasteiger partial charge on any atom is -0.496 e. The molecule has 6 heteroatoms. The van der Waals surface area contributed by atoms with Gasteiger partial charge in [-0.25, -0.2) is 0 Å². The van der Waals surface area contributed by atoms with Crippen molar-refractivity contribution in [3.05, 3.63) is 28.3 Å². The topological polar surface area (TPSA) is 65.4 Å². The lowest BCUT2D eigenvalue weighted by molar-refractivity contribution is 0.0946. The molecule has 1 N–H and O–H groups in total. The first-order chi connectivity index (χ1) is 10.1. The number of halogens is 1. The predicted octanol–water partition coefficient (Wildman–Crippen LogP) is 2.29. The molecule has 0 spiro atoms. The van der Waals surface area contributed by atoms with Crippen LogP contribution in [0.5, 0.6) is 5.75 Å². The molecule has 0 heterocycles. The maximum Gasteiger partial charge on any atom is 0.255 e. The molecule has 0 unspecified atom stereocenters. The monoisotopic (exact) mass is 309 g/mol. The first-order valence-corrected chi connectivity index (χ1v) is 7.23. The van der Waals surface area contributed by atoms with E-state index in [1.807, 2.05) is 6.07 Å². The van der Waals surface area contributed by atoms with Crippen molar-refractivity contribution in [2.75, 3.05) is 33.3 Å². The Morgan fingerprint density at radius 2 is 2.10 bits per heavy atom. The third kappa shape index (κ3) is 4.62. The molecule has 0 radical (unpaired) electrons. The number of likely N-dealkylation sites (N-methyl/N-ethyl adjacent to an activating group) is 1. The minimum absolute atomic E-state index is 0.256. The van der Waals surface area contributed by atoms with Crippen LogP contribution in [0.15, 0.2) is 12.1 Å². The van der Waals surface area contributed by atoms with Crippen LogP contribution in [0.4, 0.5) is 0 Å². The summed E-state index contributed by atoms with van der Waals surface area (Å²) in [4.78, 5) is 14.4. The molecule has 0 aliphatic rings. The van der Waals surface area contributed by atoms with Crippen LogP contribution in [0.25, 0.3) is 0 Å². The molecule has 5 nitrogen and oxygen atoms in total. The van der Waals surface area contributed by atoms with E-state index >= 15 is 0 Å². The molecule has 1 amide bonds. The van der Waals surface area contributed by atoms with Crippen molar-refractivity contribution in [2.24, 2.45) is 0 Å². The Morgan fingerprint density at radius 1 is 1.43 bits per heavy atom. The van der Waals surface area contributed by atoms with Gasteiger partial charge in [-0.15, -0.1) is 0 Å². The van der Waals surface area contributed by atoms with E-state index < -0.39 is 0 Å². The highest BCUT2D eigenvalue weighted by atomic mass is 35.5. The van der Waals surface area contributed by atoms with Crippen molar-refractivity contribution in [1.29, 1.82) is 5.26 Å². The van der Waals surface area contributed by atoms with Gasteiger partial charge in [-0.05, 0) is 19.2 Å². The second-order valence-corrected chi connectivity index (χ2v) is 4.83. The van der Waals surface area contributed by atoms with Crippen LogP contribution in [-0.4, -0.2) is 44.1 Å². The predicted molar refractivity (Wildman–Crippen MR) is 82.8 cm³/mol. The minimum atomic E-state index is -0.271. The Kier molecular flexibility index (Phi) is 7.00. The van der Waals surface area contributed by atoms with Gasteiger partial charge in [-0.3, -0.25) is 4.79 Å². The highest BCUT2D eigenvalue weighted by Crippen LogP contribution is 2.26. The Morgan fingerprint density at radius 3 is 2.62 bits per heavy atom. The van der Waals surface area contributed by atoms with Gasteiger partial charge in [0.05, 0.1) is 23.3 Å². The van der Waals surface area contributed by atoms with Gasteiger partial charge in [0.15, 0.2) is 0 Å². The number of hydrogen-bond donors (Lipinski definition) is 1. The summed E-state index contributed by atoms with van der Waals surface area (Å²) < 4.78 is 5.15. The summed E-state index contributed by atoms with van der Waals surface area (Å²) >= 11 is 5.93. The third-order valence-corrected chi connectivity index (χ3v) is 3.57. The molecule has 1 aromatic rings.